The number of rotatable bonds is 4. The van der Waals surface area contributed by atoms with Crippen LogP contribution in [0.4, 0.5) is 5.69 Å². The number of aryl methyl sites for hydroxylation is 1. The maximum atomic E-state index is 6.02. The predicted molar refractivity (Wildman–Crippen MR) is 99.5 cm³/mol. The molecular formula is C21H22N2O2. The minimum absolute atomic E-state index is 0.0467. The van der Waals surface area contributed by atoms with Crippen LogP contribution in [0.2, 0.25) is 0 Å². The lowest BCUT2D eigenvalue weighted by Gasteiger charge is -2.24. The summed E-state index contributed by atoms with van der Waals surface area (Å²) in [4.78, 5) is 2.31. The topological polar surface area (TPSA) is 26.6 Å². The Kier molecular flexibility index (Phi) is 4.20. The third-order valence-corrected chi connectivity index (χ3v) is 4.61. The number of nitrogens with zero attached hydrogens (tertiary/aromatic N) is 2. The van der Waals surface area contributed by atoms with Crippen molar-refractivity contribution in [2.45, 2.75) is 13.2 Å². The van der Waals surface area contributed by atoms with Crippen molar-refractivity contribution in [2.75, 3.05) is 25.2 Å². The summed E-state index contributed by atoms with van der Waals surface area (Å²) in [6.45, 7) is 3.75. The van der Waals surface area contributed by atoms with Crippen LogP contribution in [0.15, 0.2) is 67.0 Å². The molecule has 0 unspecified atom stereocenters. The quantitative estimate of drug-likeness (QED) is 0.710. The molecule has 128 valence electrons. The van der Waals surface area contributed by atoms with Crippen molar-refractivity contribution in [3.63, 3.8) is 0 Å². The van der Waals surface area contributed by atoms with Gasteiger partial charge in [0.25, 0.3) is 0 Å². The van der Waals surface area contributed by atoms with Crippen molar-refractivity contribution in [3.05, 3.63) is 78.1 Å². The molecule has 0 radical (unpaired) electrons. The van der Waals surface area contributed by atoms with E-state index in [1.807, 2.05) is 18.2 Å². The molecule has 25 heavy (non-hydrogen) atoms. The molecule has 4 heteroatoms. The van der Waals surface area contributed by atoms with Crippen LogP contribution in [0, 0.1) is 6.92 Å². The zero-order chi connectivity index (χ0) is 17.2. The van der Waals surface area contributed by atoms with Gasteiger partial charge in [0.1, 0.15) is 5.75 Å². The fraction of sp³-hybridized carbons (Fsp3) is 0.238. The van der Waals surface area contributed by atoms with Crippen LogP contribution in [0.25, 0.3) is 5.69 Å². The lowest BCUT2D eigenvalue weighted by molar-refractivity contribution is 0.114. The van der Waals surface area contributed by atoms with Gasteiger partial charge in [-0.3, -0.25) is 0 Å². The van der Waals surface area contributed by atoms with Gasteiger partial charge in [0.05, 0.1) is 13.7 Å². The van der Waals surface area contributed by atoms with Gasteiger partial charge >= 0.3 is 0 Å². The highest BCUT2D eigenvalue weighted by Gasteiger charge is 2.27. The zero-order valence-corrected chi connectivity index (χ0v) is 14.6. The second kappa shape index (κ2) is 6.65. The van der Waals surface area contributed by atoms with Gasteiger partial charge in [-0.2, -0.15) is 0 Å². The zero-order valence-electron chi connectivity index (χ0n) is 14.6. The summed E-state index contributed by atoms with van der Waals surface area (Å²) in [6, 6.07) is 18.8. The Hall–Kier alpha value is -2.72. The van der Waals surface area contributed by atoms with E-state index >= 15 is 0 Å². The molecule has 0 spiro atoms. The lowest BCUT2D eigenvalue weighted by atomic mass is 10.2. The number of hydrogen-bond donors (Lipinski definition) is 0. The molecule has 4 nitrogen and oxygen atoms in total. The molecule has 0 saturated carbocycles. The molecule has 3 aromatic rings. The van der Waals surface area contributed by atoms with Gasteiger partial charge in [-0.15, -0.1) is 0 Å². The summed E-state index contributed by atoms with van der Waals surface area (Å²) >= 11 is 0. The van der Waals surface area contributed by atoms with E-state index in [1.165, 1.54) is 11.3 Å². The van der Waals surface area contributed by atoms with Gasteiger partial charge in [0.15, 0.2) is 6.23 Å². The van der Waals surface area contributed by atoms with Crippen LogP contribution in [-0.2, 0) is 4.74 Å². The van der Waals surface area contributed by atoms with Crippen LogP contribution in [0.1, 0.15) is 17.4 Å². The van der Waals surface area contributed by atoms with E-state index in [0.29, 0.717) is 0 Å². The van der Waals surface area contributed by atoms with E-state index in [1.54, 1.807) is 7.11 Å². The number of methoxy groups -OCH3 is 1. The first-order valence-electron chi connectivity index (χ1n) is 8.52. The smallest absolute Gasteiger partial charge is 0.158 e. The van der Waals surface area contributed by atoms with Crippen LogP contribution in [-0.4, -0.2) is 24.8 Å². The first-order valence-corrected chi connectivity index (χ1v) is 8.52. The Balaban J connectivity index is 1.61. The van der Waals surface area contributed by atoms with Crippen molar-refractivity contribution < 1.29 is 9.47 Å². The maximum absolute atomic E-state index is 6.02. The Morgan fingerprint density at radius 1 is 1.04 bits per heavy atom. The summed E-state index contributed by atoms with van der Waals surface area (Å²) in [5.41, 5.74) is 4.69. The van der Waals surface area contributed by atoms with Crippen LogP contribution >= 0.6 is 0 Å². The van der Waals surface area contributed by atoms with E-state index in [2.05, 4.69) is 65.2 Å². The summed E-state index contributed by atoms with van der Waals surface area (Å²) in [7, 11) is 1.69. The predicted octanol–water partition coefficient (Wildman–Crippen LogP) is 4.33. The summed E-state index contributed by atoms with van der Waals surface area (Å²) in [6.07, 6.45) is 4.15. The third kappa shape index (κ3) is 3.13. The van der Waals surface area contributed by atoms with Gasteiger partial charge in [0.2, 0.25) is 0 Å². The molecule has 2 aromatic carbocycles. The molecule has 2 heterocycles. The molecule has 1 fully saturated rings. The minimum Gasteiger partial charge on any atom is -0.497 e. The highest BCUT2D eigenvalue weighted by atomic mass is 16.5. The fourth-order valence-electron chi connectivity index (χ4n) is 3.24. The van der Waals surface area contributed by atoms with E-state index in [-0.39, 0.29) is 6.23 Å². The van der Waals surface area contributed by atoms with Crippen molar-refractivity contribution in [2.24, 2.45) is 0 Å². The highest BCUT2D eigenvalue weighted by molar-refractivity contribution is 5.50. The average molecular weight is 334 g/mol. The largest absolute Gasteiger partial charge is 0.497 e. The van der Waals surface area contributed by atoms with Gasteiger partial charge in [-0.1, -0.05) is 23.8 Å². The van der Waals surface area contributed by atoms with Gasteiger partial charge in [-0.05, 0) is 37.3 Å². The van der Waals surface area contributed by atoms with Crippen molar-refractivity contribution >= 4 is 5.69 Å². The van der Waals surface area contributed by atoms with E-state index < -0.39 is 0 Å². The molecule has 1 aromatic heterocycles. The molecular weight excluding hydrogens is 312 g/mol. The summed E-state index contributed by atoms with van der Waals surface area (Å²) in [5.74, 6) is 0.853. The summed E-state index contributed by atoms with van der Waals surface area (Å²) < 4.78 is 13.4. The number of ether oxygens (including phenoxy) is 2. The molecule has 1 aliphatic rings. The van der Waals surface area contributed by atoms with Crippen LogP contribution in [0.5, 0.6) is 5.75 Å². The number of aromatic nitrogens is 1. The Bertz CT molecular complexity index is 854. The SMILES string of the molecule is COc1cccc(-n2ccc([C@H]3OCCN3c3ccc(C)cc3)c2)c1. The van der Waals surface area contributed by atoms with Crippen molar-refractivity contribution in [1.82, 2.24) is 4.57 Å². The maximum Gasteiger partial charge on any atom is 0.158 e. The van der Waals surface area contributed by atoms with Crippen LogP contribution in [0.3, 0.4) is 0 Å². The standard InChI is InChI=1S/C21H22N2O2/c1-16-6-8-18(9-7-16)23-12-13-25-21(23)17-10-11-22(15-17)19-4-3-5-20(14-19)24-2/h3-11,14-15,21H,12-13H2,1-2H3/t21-/m1/s1. The lowest BCUT2D eigenvalue weighted by Crippen LogP contribution is -2.22. The Labute approximate surface area is 148 Å². The average Bonchev–Trinajstić information content (AvgIpc) is 3.31. The fourth-order valence-corrected chi connectivity index (χ4v) is 3.24. The Morgan fingerprint density at radius 2 is 1.88 bits per heavy atom. The minimum atomic E-state index is -0.0467. The normalized spacial score (nSPS) is 17.0. The molecule has 1 saturated heterocycles. The van der Waals surface area contributed by atoms with Gasteiger partial charge in [-0.25, -0.2) is 0 Å². The monoisotopic (exact) mass is 334 g/mol. The highest BCUT2D eigenvalue weighted by Crippen LogP contribution is 2.33. The van der Waals surface area contributed by atoms with E-state index in [4.69, 9.17) is 9.47 Å². The van der Waals surface area contributed by atoms with E-state index in [0.717, 1.165) is 30.2 Å². The van der Waals surface area contributed by atoms with E-state index in [9.17, 15) is 0 Å². The van der Waals surface area contributed by atoms with Gasteiger partial charge in [0, 0.05) is 41.9 Å². The number of hydrogen-bond acceptors (Lipinski definition) is 3. The second-order valence-electron chi connectivity index (χ2n) is 6.31. The number of benzene rings is 2. The molecule has 1 aliphatic heterocycles. The van der Waals surface area contributed by atoms with Crippen LogP contribution < -0.4 is 9.64 Å². The first kappa shape index (κ1) is 15.8. The molecule has 0 aliphatic carbocycles. The molecule has 4 rings (SSSR count). The third-order valence-electron chi connectivity index (χ3n) is 4.61. The molecule has 0 bridgehead atoms. The molecule has 0 N–H and O–H groups in total. The molecule has 0 amide bonds. The first-order chi connectivity index (χ1) is 12.2. The second-order valence-corrected chi connectivity index (χ2v) is 6.31. The molecule has 1 atom stereocenters. The summed E-state index contributed by atoms with van der Waals surface area (Å²) in [5, 5.41) is 0. The Morgan fingerprint density at radius 3 is 2.68 bits per heavy atom. The van der Waals surface area contributed by atoms with Crippen molar-refractivity contribution in [3.8, 4) is 11.4 Å². The number of anilines is 1. The van der Waals surface area contributed by atoms with Crippen molar-refractivity contribution in [1.29, 1.82) is 0 Å². The van der Waals surface area contributed by atoms with Gasteiger partial charge < -0.3 is 18.9 Å².